The Hall–Kier alpha value is -2.24. The summed E-state index contributed by atoms with van der Waals surface area (Å²) in [7, 11) is 0. The Kier molecular flexibility index (Phi) is 5.80. The molecular weight excluding hydrogens is 340 g/mol. The molecule has 1 saturated heterocycles. The molecule has 3 heterocycles. The molecule has 0 aromatic carbocycles. The summed E-state index contributed by atoms with van der Waals surface area (Å²) in [5.74, 6) is 2.51. The van der Waals surface area contributed by atoms with Crippen LogP contribution in [-0.2, 0) is 11.2 Å². The van der Waals surface area contributed by atoms with E-state index in [2.05, 4.69) is 20.0 Å². The second kappa shape index (κ2) is 8.63. The van der Waals surface area contributed by atoms with Crippen LogP contribution in [0.25, 0.3) is 11.5 Å². The first-order chi connectivity index (χ1) is 13.3. The largest absolute Gasteiger partial charge is 0.342 e. The molecule has 0 spiro atoms. The highest BCUT2D eigenvalue weighted by atomic mass is 16.5. The number of rotatable bonds is 5. The third-order valence-corrected chi connectivity index (χ3v) is 5.96. The average molecular weight is 368 g/mol. The zero-order chi connectivity index (χ0) is 18.5. The van der Waals surface area contributed by atoms with E-state index in [1.54, 1.807) is 12.4 Å². The first-order valence-electron chi connectivity index (χ1n) is 10.3. The summed E-state index contributed by atoms with van der Waals surface area (Å²) in [4.78, 5) is 23.5. The van der Waals surface area contributed by atoms with Gasteiger partial charge in [-0.25, -0.2) is 0 Å². The number of likely N-dealkylation sites (tertiary alicyclic amines) is 1. The molecular formula is C21H28N4O2. The highest BCUT2D eigenvalue weighted by Crippen LogP contribution is 2.28. The normalized spacial score (nSPS) is 21.3. The smallest absolute Gasteiger partial charge is 0.258 e. The van der Waals surface area contributed by atoms with Gasteiger partial charge in [0, 0.05) is 43.4 Å². The molecule has 144 valence electrons. The van der Waals surface area contributed by atoms with E-state index < -0.39 is 0 Å². The Balaban J connectivity index is 1.29. The Morgan fingerprint density at radius 2 is 1.93 bits per heavy atom. The lowest BCUT2D eigenvalue weighted by molar-refractivity contribution is -0.138. The van der Waals surface area contributed by atoms with Gasteiger partial charge in [0.05, 0.1) is 0 Å². The van der Waals surface area contributed by atoms with Crippen LogP contribution in [0.15, 0.2) is 29.0 Å². The fourth-order valence-electron chi connectivity index (χ4n) is 4.41. The molecule has 2 aromatic rings. The minimum atomic E-state index is 0.276. The molecule has 1 saturated carbocycles. The Morgan fingerprint density at radius 1 is 1.11 bits per heavy atom. The number of hydrogen-bond acceptors (Lipinski definition) is 5. The standard InChI is InChI=1S/C21H28N4O2/c26-21(18-6-2-1-3-7-18)25-14-4-5-16(15-25)8-9-19-23-20(27-24-19)17-10-12-22-13-11-17/h10-13,16,18H,1-9,14-15H2. The van der Waals surface area contributed by atoms with E-state index in [-0.39, 0.29) is 5.92 Å². The number of carbonyl (C=O) groups excluding carboxylic acids is 1. The molecule has 6 heteroatoms. The summed E-state index contributed by atoms with van der Waals surface area (Å²) in [6, 6.07) is 3.74. The number of piperidine rings is 1. The summed E-state index contributed by atoms with van der Waals surface area (Å²) < 4.78 is 5.38. The van der Waals surface area contributed by atoms with Crippen molar-refractivity contribution < 1.29 is 9.32 Å². The molecule has 6 nitrogen and oxygen atoms in total. The SMILES string of the molecule is O=C(C1CCCCC1)N1CCCC(CCc2noc(-c3ccncc3)n2)C1. The third-order valence-electron chi connectivity index (χ3n) is 5.96. The number of aromatic nitrogens is 3. The molecule has 4 rings (SSSR count). The van der Waals surface area contributed by atoms with Crippen LogP contribution in [0.4, 0.5) is 0 Å². The Labute approximate surface area is 160 Å². The van der Waals surface area contributed by atoms with E-state index >= 15 is 0 Å². The highest BCUT2D eigenvalue weighted by Gasteiger charge is 2.29. The third kappa shape index (κ3) is 4.54. The summed E-state index contributed by atoms with van der Waals surface area (Å²) in [6.07, 6.45) is 13.4. The molecule has 2 fully saturated rings. The lowest BCUT2D eigenvalue weighted by Crippen LogP contribution is -2.43. The van der Waals surface area contributed by atoms with Gasteiger partial charge in [-0.05, 0) is 50.2 Å². The number of nitrogens with zero attached hydrogens (tertiary/aromatic N) is 4. The fourth-order valence-corrected chi connectivity index (χ4v) is 4.41. The van der Waals surface area contributed by atoms with Crippen LogP contribution in [0.3, 0.4) is 0 Å². The fraction of sp³-hybridized carbons (Fsp3) is 0.619. The lowest BCUT2D eigenvalue weighted by atomic mass is 9.86. The maximum Gasteiger partial charge on any atom is 0.258 e. The van der Waals surface area contributed by atoms with Gasteiger partial charge in [0.25, 0.3) is 5.89 Å². The molecule has 2 aromatic heterocycles. The van der Waals surface area contributed by atoms with Crippen LogP contribution >= 0.6 is 0 Å². The molecule has 1 aliphatic heterocycles. The molecule has 2 aliphatic rings. The van der Waals surface area contributed by atoms with Gasteiger partial charge in [-0.1, -0.05) is 24.4 Å². The first-order valence-corrected chi connectivity index (χ1v) is 10.3. The highest BCUT2D eigenvalue weighted by molar-refractivity contribution is 5.79. The molecule has 1 aliphatic carbocycles. The lowest BCUT2D eigenvalue weighted by Gasteiger charge is -2.36. The van der Waals surface area contributed by atoms with Crippen molar-refractivity contribution in [3.63, 3.8) is 0 Å². The van der Waals surface area contributed by atoms with Gasteiger partial charge < -0.3 is 9.42 Å². The zero-order valence-corrected chi connectivity index (χ0v) is 15.8. The van der Waals surface area contributed by atoms with Crippen molar-refractivity contribution in [1.82, 2.24) is 20.0 Å². The van der Waals surface area contributed by atoms with E-state index in [4.69, 9.17) is 4.52 Å². The number of hydrogen-bond donors (Lipinski definition) is 0. The molecule has 1 atom stereocenters. The molecule has 27 heavy (non-hydrogen) atoms. The van der Waals surface area contributed by atoms with Gasteiger partial charge in [0.1, 0.15) is 0 Å². The number of aryl methyl sites for hydroxylation is 1. The topological polar surface area (TPSA) is 72.1 Å². The van der Waals surface area contributed by atoms with Gasteiger partial charge >= 0.3 is 0 Å². The van der Waals surface area contributed by atoms with Crippen LogP contribution in [0.2, 0.25) is 0 Å². The summed E-state index contributed by atoms with van der Waals surface area (Å²) in [6.45, 7) is 1.82. The minimum absolute atomic E-state index is 0.276. The van der Waals surface area contributed by atoms with Crippen molar-refractivity contribution in [2.45, 2.75) is 57.8 Å². The van der Waals surface area contributed by atoms with Crippen molar-refractivity contribution in [1.29, 1.82) is 0 Å². The van der Waals surface area contributed by atoms with Crippen LogP contribution < -0.4 is 0 Å². The van der Waals surface area contributed by atoms with E-state index in [9.17, 15) is 4.79 Å². The number of amides is 1. The second-order valence-electron chi connectivity index (χ2n) is 7.92. The van der Waals surface area contributed by atoms with Crippen LogP contribution in [0, 0.1) is 11.8 Å². The quantitative estimate of drug-likeness (QED) is 0.801. The second-order valence-corrected chi connectivity index (χ2v) is 7.92. The average Bonchev–Trinajstić information content (AvgIpc) is 3.22. The van der Waals surface area contributed by atoms with Crippen molar-refractivity contribution in [2.24, 2.45) is 11.8 Å². The summed E-state index contributed by atoms with van der Waals surface area (Å²) in [5, 5.41) is 4.12. The van der Waals surface area contributed by atoms with Gasteiger partial charge in [-0.2, -0.15) is 4.98 Å². The minimum Gasteiger partial charge on any atom is -0.342 e. The summed E-state index contributed by atoms with van der Waals surface area (Å²) in [5.41, 5.74) is 0.894. The van der Waals surface area contributed by atoms with Crippen molar-refractivity contribution >= 4 is 5.91 Å². The van der Waals surface area contributed by atoms with Gasteiger partial charge in [0.2, 0.25) is 5.91 Å². The van der Waals surface area contributed by atoms with Crippen molar-refractivity contribution in [2.75, 3.05) is 13.1 Å². The van der Waals surface area contributed by atoms with Gasteiger partial charge in [-0.3, -0.25) is 9.78 Å². The van der Waals surface area contributed by atoms with Gasteiger partial charge in [-0.15, -0.1) is 0 Å². The van der Waals surface area contributed by atoms with Crippen LogP contribution in [0.1, 0.15) is 57.2 Å². The predicted octanol–water partition coefficient (Wildman–Crippen LogP) is 3.88. The Morgan fingerprint density at radius 3 is 2.74 bits per heavy atom. The van der Waals surface area contributed by atoms with E-state index in [0.717, 1.165) is 56.6 Å². The predicted molar refractivity (Wildman–Crippen MR) is 102 cm³/mol. The molecule has 0 bridgehead atoms. The van der Waals surface area contributed by atoms with Crippen LogP contribution in [0.5, 0.6) is 0 Å². The molecule has 1 unspecified atom stereocenters. The number of pyridine rings is 1. The van der Waals surface area contributed by atoms with Gasteiger partial charge in [0.15, 0.2) is 5.82 Å². The van der Waals surface area contributed by atoms with Crippen molar-refractivity contribution in [3.8, 4) is 11.5 Å². The monoisotopic (exact) mass is 368 g/mol. The number of carbonyl (C=O) groups is 1. The van der Waals surface area contributed by atoms with E-state index in [1.807, 2.05) is 12.1 Å². The summed E-state index contributed by atoms with van der Waals surface area (Å²) >= 11 is 0. The zero-order valence-electron chi connectivity index (χ0n) is 15.8. The maximum absolute atomic E-state index is 12.8. The maximum atomic E-state index is 12.8. The van der Waals surface area contributed by atoms with Crippen molar-refractivity contribution in [3.05, 3.63) is 30.4 Å². The van der Waals surface area contributed by atoms with E-state index in [1.165, 1.54) is 25.7 Å². The molecule has 0 N–H and O–H groups in total. The first kappa shape index (κ1) is 18.1. The molecule has 1 amide bonds. The van der Waals surface area contributed by atoms with E-state index in [0.29, 0.717) is 17.7 Å². The van der Waals surface area contributed by atoms with Crippen LogP contribution in [-0.4, -0.2) is 39.0 Å². The Bertz CT molecular complexity index is 740. The molecule has 0 radical (unpaired) electrons.